The number of carboxylic acids is 3. The third kappa shape index (κ3) is 9.63. The SMILES string of the molecule is Cc1ccc(CN(Cc2ncc[nH]2)C2CC(C)(C)NC(C)(C)C2)o1.O=C(O)CC(O)(CC(=O)O)C(=O)O. The van der Waals surface area contributed by atoms with Crippen LogP contribution in [0.1, 0.15) is 70.7 Å². The van der Waals surface area contributed by atoms with E-state index in [2.05, 4.69) is 53.9 Å². The molecule has 1 saturated heterocycles. The van der Waals surface area contributed by atoms with Gasteiger partial charge in [0.1, 0.15) is 17.3 Å². The molecule has 206 valence electrons. The van der Waals surface area contributed by atoms with Crippen molar-refractivity contribution < 1.29 is 39.2 Å². The number of carbonyl (C=O) groups is 3. The number of aromatic amines is 1. The van der Waals surface area contributed by atoms with Gasteiger partial charge in [-0.1, -0.05) is 0 Å². The van der Waals surface area contributed by atoms with Crippen LogP contribution < -0.4 is 5.32 Å². The molecule has 0 spiro atoms. The topological polar surface area (TPSA) is 189 Å². The second-order valence-corrected chi connectivity index (χ2v) is 10.9. The summed E-state index contributed by atoms with van der Waals surface area (Å²) in [7, 11) is 0. The first-order chi connectivity index (χ1) is 17.0. The molecule has 0 atom stereocenters. The number of aliphatic carboxylic acids is 3. The summed E-state index contributed by atoms with van der Waals surface area (Å²) in [6.07, 6.45) is 3.64. The van der Waals surface area contributed by atoms with Gasteiger partial charge >= 0.3 is 17.9 Å². The van der Waals surface area contributed by atoms with Crippen LogP contribution in [0.5, 0.6) is 0 Å². The summed E-state index contributed by atoms with van der Waals surface area (Å²) in [6, 6.07) is 4.60. The van der Waals surface area contributed by atoms with Crippen LogP contribution in [-0.4, -0.2) is 75.9 Å². The Balaban J connectivity index is 0.000000317. The second kappa shape index (κ2) is 11.9. The molecule has 1 fully saturated rings. The average molecular weight is 523 g/mol. The minimum Gasteiger partial charge on any atom is -0.481 e. The van der Waals surface area contributed by atoms with Crippen molar-refractivity contribution in [2.45, 2.75) is 96.1 Å². The van der Waals surface area contributed by atoms with E-state index in [4.69, 9.17) is 24.8 Å². The number of nitrogens with zero attached hydrogens (tertiary/aromatic N) is 2. The highest BCUT2D eigenvalue weighted by Gasteiger charge is 2.41. The van der Waals surface area contributed by atoms with Crippen molar-refractivity contribution in [3.05, 3.63) is 41.9 Å². The number of aromatic nitrogens is 2. The fraction of sp³-hybridized carbons (Fsp3) is 0.600. The number of aryl methyl sites for hydroxylation is 1. The van der Waals surface area contributed by atoms with E-state index in [0.29, 0.717) is 6.04 Å². The lowest BCUT2D eigenvalue weighted by atomic mass is 9.79. The summed E-state index contributed by atoms with van der Waals surface area (Å²) in [5, 5.41) is 37.6. The normalized spacial score (nSPS) is 17.2. The highest BCUT2D eigenvalue weighted by molar-refractivity contribution is 5.88. The molecule has 1 aliphatic rings. The number of H-pyrrole nitrogens is 1. The fourth-order valence-electron chi connectivity index (χ4n) is 4.90. The minimum atomic E-state index is -2.74. The van der Waals surface area contributed by atoms with Crippen molar-refractivity contribution >= 4 is 17.9 Å². The van der Waals surface area contributed by atoms with Crippen molar-refractivity contribution in [2.24, 2.45) is 0 Å². The number of aliphatic hydroxyl groups is 1. The Morgan fingerprint density at radius 3 is 2.03 bits per heavy atom. The van der Waals surface area contributed by atoms with Crippen LogP contribution in [0.4, 0.5) is 0 Å². The van der Waals surface area contributed by atoms with Gasteiger partial charge in [-0.25, -0.2) is 9.78 Å². The van der Waals surface area contributed by atoms with Crippen LogP contribution >= 0.6 is 0 Å². The van der Waals surface area contributed by atoms with Crippen molar-refractivity contribution in [3.63, 3.8) is 0 Å². The van der Waals surface area contributed by atoms with Crippen molar-refractivity contribution in [2.75, 3.05) is 0 Å². The summed E-state index contributed by atoms with van der Waals surface area (Å²) >= 11 is 0. The zero-order valence-corrected chi connectivity index (χ0v) is 21.9. The number of imidazole rings is 1. The molecule has 0 unspecified atom stereocenters. The lowest BCUT2D eigenvalue weighted by Crippen LogP contribution is -2.62. The first kappa shape index (κ1) is 30.0. The van der Waals surface area contributed by atoms with E-state index in [0.717, 1.165) is 43.3 Å². The van der Waals surface area contributed by atoms with Crippen LogP contribution in [0, 0.1) is 6.92 Å². The molecule has 12 nitrogen and oxygen atoms in total. The Labute approximate surface area is 215 Å². The van der Waals surface area contributed by atoms with Gasteiger partial charge in [-0.05, 0) is 59.6 Å². The van der Waals surface area contributed by atoms with Crippen LogP contribution in [0.25, 0.3) is 0 Å². The molecular formula is C25H38N4O8. The standard InChI is InChI=1S/C19H30N4O.C6H8O7/c1-14-6-7-16(24-14)12-23(13-17-20-8-9-21-17)15-10-18(2,3)22-19(4,5)11-15;7-3(8)1-6(13,5(11)12)2-4(9)10/h6-9,15,22H,10-13H2,1-5H3,(H,20,21);13H,1-2H2,(H,7,8)(H,9,10)(H,11,12). The summed E-state index contributed by atoms with van der Waals surface area (Å²) < 4.78 is 5.84. The second-order valence-electron chi connectivity index (χ2n) is 10.9. The molecule has 0 aliphatic carbocycles. The van der Waals surface area contributed by atoms with Gasteiger partial charge in [0.05, 0.1) is 25.9 Å². The third-order valence-electron chi connectivity index (χ3n) is 6.03. The molecule has 0 saturated carbocycles. The molecule has 2 aromatic heterocycles. The summed E-state index contributed by atoms with van der Waals surface area (Å²) in [6.45, 7) is 12.8. The highest BCUT2D eigenvalue weighted by atomic mass is 16.4. The van der Waals surface area contributed by atoms with E-state index < -0.39 is 36.4 Å². The number of piperidine rings is 1. The lowest BCUT2D eigenvalue weighted by Gasteiger charge is -2.49. The zero-order valence-electron chi connectivity index (χ0n) is 21.9. The van der Waals surface area contributed by atoms with E-state index in [1.165, 1.54) is 0 Å². The Bertz CT molecular complexity index is 1030. The number of furan rings is 1. The summed E-state index contributed by atoms with van der Waals surface area (Å²) in [5.74, 6) is -2.02. The maximum atomic E-state index is 10.3. The van der Waals surface area contributed by atoms with Gasteiger partial charge in [0.15, 0.2) is 5.60 Å². The van der Waals surface area contributed by atoms with Crippen LogP contribution in [0.3, 0.4) is 0 Å². The van der Waals surface area contributed by atoms with Gasteiger partial charge in [0.2, 0.25) is 0 Å². The Morgan fingerprint density at radius 1 is 1.05 bits per heavy atom. The zero-order chi connectivity index (χ0) is 28.0. The van der Waals surface area contributed by atoms with Crippen LogP contribution in [0.15, 0.2) is 28.9 Å². The van der Waals surface area contributed by atoms with E-state index >= 15 is 0 Å². The molecule has 0 bridgehead atoms. The van der Waals surface area contributed by atoms with Gasteiger partial charge in [-0.15, -0.1) is 0 Å². The van der Waals surface area contributed by atoms with E-state index in [1.54, 1.807) is 0 Å². The molecular weight excluding hydrogens is 484 g/mol. The molecule has 6 N–H and O–H groups in total. The first-order valence-corrected chi connectivity index (χ1v) is 12.0. The van der Waals surface area contributed by atoms with Gasteiger partial charge < -0.3 is 35.1 Å². The maximum absolute atomic E-state index is 10.3. The molecule has 3 heterocycles. The molecule has 1 aliphatic heterocycles. The summed E-state index contributed by atoms with van der Waals surface area (Å²) in [5.41, 5.74) is -2.50. The largest absolute Gasteiger partial charge is 0.481 e. The Kier molecular flexibility index (Phi) is 9.64. The Hall–Kier alpha value is -3.22. The first-order valence-electron chi connectivity index (χ1n) is 12.0. The molecule has 12 heteroatoms. The molecule has 0 radical (unpaired) electrons. The predicted molar refractivity (Wildman–Crippen MR) is 133 cm³/mol. The number of rotatable bonds is 10. The van der Waals surface area contributed by atoms with E-state index in [9.17, 15) is 14.4 Å². The minimum absolute atomic E-state index is 0.118. The monoisotopic (exact) mass is 522 g/mol. The number of hydrogen-bond donors (Lipinski definition) is 6. The van der Waals surface area contributed by atoms with E-state index in [-0.39, 0.29) is 11.1 Å². The van der Waals surface area contributed by atoms with Crippen LogP contribution in [0.2, 0.25) is 0 Å². The number of nitrogens with one attached hydrogen (secondary N) is 2. The molecule has 0 amide bonds. The van der Waals surface area contributed by atoms with Gasteiger partial charge in [0, 0.05) is 29.5 Å². The van der Waals surface area contributed by atoms with E-state index in [1.807, 2.05) is 25.4 Å². The van der Waals surface area contributed by atoms with Crippen molar-refractivity contribution in [3.8, 4) is 0 Å². The smallest absolute Gasteiger partial charge is 0.336 e. The molecule has 37 heavy (non-hydrogen) atoms. The highest BCUT2D eigenvalue weighted by Crippen LogP contribution is 2.33. The average Bonchev–Trinajstić information content (AvgIpc) is 3.36. The maximum Gasteiger partial charge on any atom is 0.336 e. The predicted octanol–water partition coefficient (Wildman–Crippen LogP) is 2.37. The van der Waals surface area contributed by atoms with Gasteiger partial charge in [-0.2, -0.15) is 0 Å². The lowest BCUT2D eigenvalue weighted by molar-refractivity contribution is -0.170. The quantitative estimate of drug-likeness (QED) is 0.269. The van der Waals surface area contributed by atoms with Gasteiger partial charge in [0.25, 0.3) is 0 Å². The van der Waals surface area contributed by atoms with Crippen molar-refractivity contribution in [1.82, 2.24) is 20.2 Å². The molecule has 3 rings (SSSR count). The third-order valence-corrected chi connectivity index (χ3v) is 6.03. The Morgan fingerprint density at radius 2 is 1.62 bits per heavy atom. The van der Waals surface area contributed by atoms with Crippen LogP contribution in [-0.2, 0) is 27.5 Å². The summed E-state index contributed by atoms with van der Waals surface area (Å²) in [4.78, 5) is 40.7. The number of hydrogen-bond acceptors (Lipinski definition) is 8. The molecule has 0 aromatic carbocycles. The van der Waals surface area contributed by atoms with Crippen molar-refractivity contribution in [1.29, 1.82) is 0 Å². The fourth-order valence-corrected chi connectivity index (χ4v) is 4.90. The van der Waals surface area contributed by atoms with Gasteiger partial charge in [-0.3, -0.25) is 14.5 Å². The number of carboxylic acid groups (broad SMARTS) is 3. The molecule has 2 aromatic rings.